The molecule has 0 bridgehead atoms. The highest BCUT2D eigenvalue weighted by Crippen LogP contribution is 2.27. The number of hydrogen-bond acceptors (Lipinski definition) is 6. The quantitative estimate of drug-likeness (QED) is 0.535. The molecule has 5 rings (SSSR count). The first-order valence-corrected chi connectivity index (χ1v) is 10.3. The molecule has 0 N–H and O–H groups in total. The van der Waals surface area contributed by atoms with Gasteiger partial charge in [0.2, 0.25) is 0 Å². The first kappa shape index (κ1) is 16.1. The van der Waals surface area contributed by atoms with E-state index in [9.17, 15) is 8.42 Å². The minimum atomic E-state index is -3.00. The van der Waals surface area contributed by atoms with E-state index in [2.05, 4.69) is 20.2 Å². The number of aromatic nitrogens is 6. The maximum atomic E-state index is 11.8. The Morgan fingerprint density at radius 2 is 2.04 bits per heavy atom. The van der Waals surface area contributed by atoms with Crippen molar-refractivity contribution in [3.8, 4) is 11.3 Å². The van der Waals surface area contributed by atoms with Crippen molar-refractivity contribution in [3.05, 3.63) is 65.5 Å². The van der Waals surface area contributed by atoms with Gasteiger partial charge in [-0.15, -0.1) is 0 Å². The molecule has 0 saturated heterocycles. The van der Waals surface area contributed by atoms with Crippen LogP contribution in [-0.2, 0) is 34.8 Å². The summed E-state index contributed by atoms with van der Waals surface area (Å²) < 4.78 is 27.0. The van der Waals surface area contributed by atoms with Crippen molar-refractivity contribution in [1.82, 2.24) is 29.4 Å². The average molecular weight is 380 g/mol. The first-order valence-electron chi connectivity index (χ1n) is 8.47. The minimum absolute atomic E-state index is 0.115. The van der Waals surface area contributed by atoms with Gasteiger partial charge in [0, 0.05) is 37.6 Å². The SMILES string of the molecule is Cn1cc(-c2nccn3nc(Cc4ccc5c(c4)CS(=O)(=O)C5)nc23)cn1. The van der Waals surface area contributed by atoms with Crippen molar-refractivity contribution in [1.29, 1.82) is 0 Å². The van der Waals surface area contributed by atoms with Gasteiger partial charge in [-0.25, -0.2) is 17.9 Å². The summed E-state index contributed by atoms with van der Waals surface area (Å²) in [7, 11) is -1.15. The van der Waals surface area contributed by atoms with Gasteiger partial charge in [0.05, 0.1) is 17.7 Å². The van der Waals surface area contributed by atoms with Crippen LogP contribution in [0.25, 0.3) is 16.9 Å². The maximum Gasteiger partial charge on any atom is 0.182 e. The second kappa shape index (κ2) is 5.71. The van der Waals surface area contributed by atoms with Crippen molar-refractivity contribution in [2.45, 2.75) is 17.9 Å². The van der Waals surface area contributed by atoms with Crippen molar-refractivity contribution in [2.24, 2.45) is 7.05 Å². The molecule has 0 radical (unpaired) electrons. The topological polar surface area (TPSA) is 95.0 Å². The third-order valence-corrected chi connectivity index (χ3v) is 6.16. The Balaban J connectivity index is 1.50. The van der Waals surface area contributed by atoms with E-state index in [1.165, 1.54) is 0 Å². The summed E-state index contributed by atoms with van der Waals surface area (Å²) in [6, 6.07) is 5.80. The molecule has 8 nitrogen and oxygen atoms in total. The summed E-state index contributed by atoms with van der Waals surface area (Å²) >= 11 is 0. The molecule has 27 heavy (non-hydrogen) atoms. The summed E-state index contributed by atoms with van der Waals surface area (Å²) in [5.41, 5.74) is 5.05. The molecule has 0 spiro atoms. The van der Waals surface area contributed by atoms with E-state index in [1.807, 2.05) is 31.4 Å². The smallest absolute Gasteiger partial charge is 0.182 e. The molecule has 0 saturated carbocycles. The van der Waals surface area contributed by atoms with Crippen molar-refractivity contribution in [2.75, 3.05) is 0 Å². The zero-order chi connectivity index (χ0) is 18.6. The molecule has 1 aliphatic heterocycles. The van der Waals surface area contributed by atoms with Crippen LogP contribution in [-0.4, -0.2) is 37.8 Å². The Labute approximate surface area is 155 Å². The molecule has 0 amide bonds. The fraction of sp³-hybridized carbons (Fsp3) is 0.222. The summed E-state index contributed by atoms with van der Waals surface area (Å²) in [6.07, 6.45) is 7.62. The lowest BCUT2D eigenvalue weighted by atomic mass is 10.0. The van der Waals surface area contributed by atoms with E-state index in [0.717, 1.165) is 27.9 Å². The van der Waals surface area contributed by atoms with Crippen LogP contribution in [0.1, 0.15) is 22.5 Å². The number of hydrogen-bond donors (Lipinski definition) is 0. The van der Waals surface area contributed by atoms with Crippen LogP contribution in [0.15, 0.2) is 43.0 Å². The Morgan fingerprint density at radius 1 is 1.19 bits per heavy atom. The third-order valence-electron chi connectivity index (χ3n) is 4.66. The lowest BCUT2D eigenvalue weighted by Gasteiger charge is -2.01. The van der Waals surface area contributed by atoms with E-state index in [4.69, 9.17) is 0 Å². The van der Waals surface area contributed by atoms with Gasteiger partial charge < -0.3 is 0 Å². The number of benzene rings is 1. The van der Waals surface area contributed by atoms with E-state index in [0.29, 0.717) is 17.9 Å². The van der Waals surface area contributed by atoms with Crippen LogP contribution < -0.4 is 0 Å². The summed E-state index contributed by atoms with van der Waals surface area (Å²) in [5.74, 6) is 0.910. The number of nitrogens with zero attached hydrogens (tertiary/aromatic N) is 6. The predicted octanol–water partition coefficient (Wildman–Crippen LogP) is 1.54. The van der Waals surface area contributed by atoms with Crippen molar-refractivity contribution < 1.29 is 8.42 Å². The van der Waals surface area contributed by atoms with E-state index >= 15 is 0 Å². The van der Waals surface area contributed by atoms with Crippen LogP contribution >= 0.6 is 0 Å². The number of fused-ring (bicyclic) bond motifs is 2. The standard InChI is InChI=1S/C18H16N6O2S/c1-23-9-15(8-20-23)17-18-21-16(22-24(18)5-4-19-17)7-12-2-3-13-10-27(25,26)11-14(13)6-12/h2-6,8-9H,7,10-11H2,1H3. The second-order valence-corrected chi connectivity index (χ2v) is 8.85. The highest BCUT2D eigenvalue weighted by molar-refractivity contribution is 7.90. The molecule has 1 aromatic carbocycles. The molecular weight excluding hydrogens is 364 g/mol. The molecule has 0 aliphatic carbocycles. The van der Waals surface area contributed by atoms with Gasteiger partial charge in [0.1, 0.15) is 5.69 Å². The molecule has 136 valence electrons. The van der Waals surface area contributed by atoms with Crippen LogP contribution in [0.2, 0.25) is 0 Å². The van der Waals surface area contributed by atoms with Gasteiger partial charge in [0.25, 0.3) is 0 Å². The second-order valence-electron chi connectivity index (χ2n) is 6.79. The van der Waals surface area contributed by atoms with E-state index in [-0.39, 0.29) is 11.5 Å². The van der Waals surface area contributed by atoms with E-state index < -0.39 is 9.84 Å². The molecule has 1 aliphatic rings. The minimum Gasteiger partial charge on any atom is -0.275 e. The Kier molecular flexibility index (Phi) is 3.41. The molecule has 4 aromatic rings. The fourth-order valence-electron chi connectivity index (χ4n) is 3.46. The van der Waals surface area contributed by atoms with E-state index in [1.54, 1.807) is 27.8 Å². The Morgan fingerprint density at radius 3 is 2.85 bits per heavy atom. The van der Waals surface area contributed by atoms with Crippen molar-refractivity contribution in [3.63, 3.8) is 0 Å². The fourth-order valence-corrected chi connectivity index (χ4v) is 5.06. The van der Waals surface area contributed by atoms with Gasteiger partial charge in [0.15, 0.2) is 21.3 Å². The van der Waals surface area contributed by atoms with Crippen LogP contribution in [0.5, 0.6) is 0 Å². The maximum absolute atomic E-state index is 11.8. The average Bonchev–Trinajstić information content (AvgIpc) is 3.29. The molecule has 9 heteroatoms. The number of rotatable bonds is 3. The van der Waals surface area contributed by atoms with Gasteiger partial charge in [-0.05, 0) is 16.7 Å². The summed E-state index contributed by atoms with van der Waals surface area (Å²) in [6.45, 7) is 0. The van der Waals surface area contributed by atoms with Crippen molar-refractivity contribution >= 4 is 15.5 Å². The zero-order valence-corrected chi connectivity index (χ0v) is 15.4. The highest BCUT2D eigenvalue weighted by Gasteiger charge is 2.24. The van der Waals surface area contributed by atoms with Crippen LogP contribution in [0.4, 0.5) is 0 Å². The molecule has 0 unspecified atom stereocenters. The van der Waals surface area contributed by atoms with Gasteiger partial charge in [-0.1, -0.05) is 18.2 Å². The number of aryl methyl sites for hydroxylation is 1. The predicted molar refractivity (Wildman–Crippen MR) is 98.6 cm³/mol. The Hall–Kier alpha value is -3.07. The zero-order valence-electron chi connectivity index (χ0n) is 14.6. The molecular formula is C18H16N6O2S. The van der Waals surface area contributed by atoms with Crippen LogP contribution in [0, 0.1) is 0 Å². The third kappa shape index (κ3) is 2.89. The largest absolute Gasteiger partial charge is 0.275 e. The normalized spacial score (nSPS) is 15.3. The monoisotopic (exact) mass is 380 g/mol. The summed E-state index contributed by atoms with van der Waals surface area (Å²) in [5, 5.41) is 8.73. The first-order chi connectivity index (χ1) is 13.0. The highest BCUT2D eigenvalue weighted by atomic mass is 32.2. The lowest BCUT2D eigenvalue weighted by Crippen LogP contribution is -1.95. The number of sulfone groups is 1. The Bertz CT molecular complexity index is 1290. The molecule has 4 heterocycles. The van der Waals surface area contributed by atoms with Gasteiger partial charge in [-0.2, -0.15) is 10.2 Å². The van der Waals surface area contributed by atoms with Gasteiger partial charge >= 0.3 is 0 Å². The van der Waals surface area contributed by atoms with Crippen LogP contribution in [0.3, 0.4) is 0 Å². The summed E-state index contributed by atoms with van der Waals surface area (Å²) in [4.78, 5) is 9.08. The molecule has 0 fully saturated rings. The molecule has 0 atom stereocenters. The lowest BCUT2D eigenvalue weighted by molar-refractivity contribution is 0.598. The molecule has 3 aromatic heterocycles. The van der Waals surface area contributed by atoms with Gasteiger partial charge in [-0.3, -0.25) is 9.67 Å².